The molecule has 2 N–H and O–H groups in total. The third-order valence-corrected chi connectivity index (χ3v) is 6.21. The molecule has 1 amide bonds. The summed E-state index contributed by atoms with van der Waals surface area (Å²) in [5, 5.41) is 12.5. The number of furan rings is 1. The summed E-state index contributed by atoms with van der Waals surface area (Å²) in [6.07, 6.45) is 1.94. The molecule has 1 atom stereocenters. The maximum Gasteiger partial charge on any atom is 0.224 e. The zero-order valence-electron chi connectivity index (χ0n) is 15.2. The number of rotatable bonds is 8. The zero-order valence-corrected chi connectivity index (χ0v) is 16.0. The van der Waals surface area contributed by atoms with Crippen LogP contribution in [0.4, 0.5) is 0 Å². The monoisotopic (exact) mass is 379 g/mol. The van der Waals surface area contributed by atoms with Crippen molar-refractivity contribution >= 4 is 15.7 Å². The molecule has 0 aliphatic heterocycles. The Morgan fingerprint density at radius 1 is 1.23 bits per heavy atom. The van der Waals surface area contributed by atoms with Gasteiger partial charge < -0.3 is 14.8 Å². The van der Waals surface area contributed by atoms with Crippen LogP contribution in [-0.4, -0.2) is 36.8 Å². The molecule has 1 heterocycles. The van der Waals surface area contributed by atoms with E-state index in [-0.39, 0.29) is 23.8 Å². The minimum Gasteiger partial charge on any atom is -0.469 e. The first-order valence-electron chi connectivity index (χ1n) is 8.44. The van der Waals surface area contributed by atoms with Gasteiger partial charge in [-0.15, -0.1) is 0 Å². The van der Waals surface area contributed by atoms with Crippen molar-refractivity contribution in [2.45, 2.75) is 49.4 Å². The molecule has 2 rings (SSSR count). The molecule has 1 aromatic heterocycles. The lowest BCUT2D eigenvalue weighted by molar-refractivity contribution is -0.121. The maximum atomic E-state index is 12.1. The molecule has 0 saturated carbocycles. The molecular formula is C19H25NO5S. The van der Waals surface area contributed by atoms with E-state index >= 15 is 0 Å². The molecule has 7 heteroatoms. The van der Waals surface area contributed by atoms with Crippen molar-refractivity contribution in [1.82, 2.24) is 5.32 Å². The standard InChI is InChI=1S/C19H25NO5S/c1-14(2)26(23,24)17-8-6-15(7-9-17)11-18(21)20-13-19(3,22)12-16-5-4-10-25-16/h4-10,14,22H,11-13H2,1-3H3,(H,20,21). The first-order valence-corrected chi connectivity index (χ1v) is 9.99. The van der Waals surface area contributed by atoms with Crippen LogP contribution in [0.5, 0.6) is 0 Å². The van der Waals surface area contributed by atoms with Crippen LogP contribution in [0.25, 0.3) is 0 Å². The molecule has 2 aromatic rings. The van der Waals surface area contributed by atoms with E-state index < -0.39 is 20.7 Å². The lowest BCUT2D eigenvalue weighted by Gasteiger charge is -2.22. The molecular weight excluding hydrogens is 354 g/mol. The largest absolute Gasteiger partial charge is 0.469 e. The summed E-state index contributed by atoms with van der Waals surface area (Å²) in [4.78, 5) is 12.3. The van der Waals surface area contributed by atoms with Crippen LogP contribution < -0.4 is 5.32 Å². The van der Waals surface area contributed by atoms with Gasteiger partial charge in [-0.1, -0.05) is 12.1 Å². The fraction of sp³-hybridized carbons (Fsp3) is 0.421. The molecule has 0 saturated heterocycles. The highest BCUT2D eigenvalue weighted by molar-refractivity contribution is 7.92. The first kappa shape index (κ1) is 20.2. The number of hydrogen-bond acceptors (Lipinski definition) is 5. The molecule has 6 nitrogen and oxygen atoms in total. The second-order valence-electron chi connectivity index (χ2n) is 6.94. The fourth-order valence-electron chi connectivity index (χ4n) is 2.46. The van der Waals surface area contributed by atoms with Gasteiger partial charge in [-0.05, 0) is 50.6 Å². The van der Waals surface area contributed by atoms with Gasteiger partial charge in [-0.25, -0.2) is 8.42 Å². The number of amides is 1. The molecule has 0 aliphatic rings. The van der Waals surface area contributed by atoms with E-state index in [0.29, 0.717) is 17.7 Å². The quantitative estimate of drug-likeness (QED) is 0.732. The van der Waals surface area contributed by atoms with E-state index in [1.54, 1.807) is 45.0 Å². The lowest BCUT2D eigenvalue weighted by atomic mass is 10.0. The van der Waals surface area contributed by atoms with Gasteiger partial charge in [0.25, 0.3) is 0 Å². The molecule has 0 bridgehead atoms. The Hall–Kier alpha value is -2.12. The van der Waals surface area contributed by atoms with Crippen molar-refractivity contribution in [2.75, 3.05) is 6.54 Å². The van der Waals surface area contributed by atoms with Gasteiger partial charge in [0, 0.05) is 13.0 Å². The molecule has 0 radical (unpaired) electrons. The summed E-state index contributed by atoms with van der Waals surface area (Å²) in [6.45, 7) is 4.98. The van der Waals surface area contributed by atoms with Gasteiger partial charge in [0.1, 0.15) is 5.76 Å². The molecule has 0 fully saturated rings. The van der Waals surface area contributed by atoms with Crippen LogP contribution in [0, 0.1) is 0 Å². The summed E-state index contributed by atoms with van der Waals surface area (Å²) in [6, 6.07) is 9.82. The Labute approximate surface area is 154 Å². The van der Waals surface area contributed by atoms with E-state index in [0.717, 1.165) is 0 Å². The van der Waals surface area contributed by atoms with Crippen molar-refractivity contribution in [3.63, 3.8) is 0 Å². The van der Waals surface area contributed by atoms with Crippen LogP contribution in [0.1, 0.15) is 32.1 Å². The van der Waals surface area contributed by atoms with E-state index in [2.05, 4.69) is 5.32 Å². The van der Waals surface area contributed by atoms with E-state index in [1.807, 2.05) is 0 Å². The molecule has 1 aromatic carbocycles. The molecule has 142 valence electrons. The predicted molar refractivity (Wildman–Crippen MR) is 98.5 cm³/mol. The van der Waals surface area contributed by atoms with Gasteiger partial charge in [0.2, 0.25) is 5.91 Å². The van der Waals surface area contributed by atoms with Gasteiger partial charge in [0.15, 0.2) is 9.84 Å². The average Bonchev–Trinajstić information content (AvgIpc) is 3.05. The smallest absolute Gasteiger partial charge is 0.224 e. The zero-order chi connectivity index (χ0) is 19.4. The van der Waals surface area contributed by atoms with Crippen LogP contribution in [0.15, 0.2) is 52.0 Å². The summed E-state index contributed by atoms with van der Waals surface area (Å²) in [5.41, 5.74) is -0.418. The molecule has 0 aliphatic carbocycles. The number of aliphatic hydroxyl groups is 1. The minimum absolute atomic E-state index is 0.0896. The van der Waals surface area contributed by atoms with Crippen LogP contribution in [0.3, 0.4) is 0 Å². The number of carbonyl (C=O) groups is 1. The van der Waals surface area contributed by atoms with Gasteiger partial charge in [0.05, 0.1) is 28.4 Å². The van der Waals surface area contributed by atoms with Crippen molar-refractivity contribution in [2.24, 2.45) is 0 Å². The van der Waals surface area contributed by atoms with Crippen molar-refractivity contribution in [3.05, 3.63) is 54.0 Å². The third kappa shape index (κ3) is 5.44. The number of sulfone groups is 1. The maximum absolute atomic E-state index is 12.1. The van der Waals surface area contributed by atoms with Gasteiger partial charge in [-0.2, -0.15) is 0 Å². The first-order chi connectivity index (χ1) is 12.1. The molecule has 26 heavy (non-hydrogen) atoms. The second-order valence-corrected chi connectivity index (χ2v) is 9.45. The van der Waals surface area contributed by atoms with Gasteiger partial charge >= 0.3 is 0 Å². The van der Waals surface area contributed by atoms with Crippen LogP contribution in [-0.2, 0) is 27.5 Å². The Bertz CT molecular complexity index is 821. The number of carbonyl (C=O) groups excluding carboxylic acids is 1. The summed E-state index contributed by atoms with van der Waals surface area (Å²) < 4.78 is 29.4. The number of hydrogen-bond donors (Lipinski definition) is 2. The Morgan fingerprint density at radius 2 is 1.88 bits per heavy atom. The highest BCUT2D eigenvalue weighted by Gasteiger charge is 2.23. The summed E-state index contributed by atoms with van der Waals surface area (Å²) in [7, 11) is -3.32. The number of benzene rings is 1. The Morgan fingerprint density at radius 3 is 2.42 bits per heavy atom. The second kappa shape index (κ2) is 8.05. The summed E-state index contributed by atoms with van der Waals surface area (Å²) >= 11 is 0. The Kier molecular flexibility index (Phi) is 6.26. The van der Waals surface area contributed by atoms with Crippen molar-refractivity contribution in [1.29, 1.82) is 0 Å². The predicted octanol–water partition coefficient (Wildman–Crippen LogP) is 2.11. The van der Waals surface area contributed by atoms with Crippen LogP contribution in [0.2, 0.25) is 0 Å². The van der Waals surface area contributed by atoms with Crippen molar-refractivity contribution in [3.8, 4) is 0 Å². The fourth-order valence-corrected chi connectivity index (χ4v) is 3.52. The van der Waals surface area contributed by atoms with E-state index in [4.69, 9.17) is 4.42 Å². The van der Waals surface area contributed by atoms with E-state index in [9.17, 15) is 18.3 Å². The Balaban J connectivity index is 1.89. The van der Waals surface area contributed by atoms with Crippen molar-refractivity contribution < 1.29 is 22.7 Å². The third-order valence-electron chi connectivity index (χ3n) is 4.04. The average molecular weight is 379 g/mol. The SMILES string of the molecule is CC(C)S(=O)(=O)c1ccc(CC(=O)NCC(C)(O)Cc2ccco2)cc1. The minimum atomic E-state index is -3.32. The highest BCUT2D eigenvalue weighted by Crippen LogP contribution is 2.17. The van der Waals surface area contributed by atoms with Crippen LogP contribution >= 0.6 is 0 Å². The topological polar surface area (TPSA) is 96.6 Å². The normalized spacial score (nSPS) is 14.2. The molecule has 0 spiro atoms. The molecule has 1 unspecified atom stereocenters. The number of nitrogens with one attached hydrogen (secondary N) is 1. The summed E-state index contributed by atoms with van der Waals surface area (Å²) in [5.74, 6) is 0.399. The van der Waals surface area contributed by atoms with Gasteiger partial charge in [-0.3, -0.25) is 4.79 Å². The van der Waals surface area contributed by atoms with E-state index in [1.165, 1.54) is 18.4 Å². The highest BCUT2D eigenvalue weighted by atomic mass is 32.2. The lowest BCUT2D eigenvalue weighted by Crippen LogP contribution is -2.42.